The average Bonchev–Trinajstić information content (AvgIpc) is 2.46. The monoisotopic (exact) mass is 251 g/mol. The van der Waals surface area contributed by atoms with Gasteiger partial charge in [0.15, 0.2) is 11.6 Å². The highest BCUT2D eigenvalue weighted by Crippen LogP contribution is 2.21. The van der Waals surface area contributed by atoms with Crippen molar-refractivity contribution in [3.8, 4) is 5.75 Å². The van der Waals surface area contributed by atoms with Crippen LogP contribution in [0.1, 0.15) is 5.56 Å². The van der Waals surface area contributed by atoms with E-state index in [0.717, 1.165) is 16.5 Å². The number of ether oxygens (including phenoxy) is 1. The van der Waals surface area contributed by atoms with Gasteiger partial charge in [-0.15, -0.1) is 0 Å². The third-order valence-corrected chi connectivity index (χ3v) is 2.92. The summed E-state index contributed by atoms with van der Waals surface area (Å²) in [6.45, 7) is 0.443. The van der Waals surface area contributed by atoms with Crippen LogP contribution in [-0.2, 0) is 6.61 Å². The highest BCUT2D eigenvalue weighted by atomic mass is 16.5. The second-order valence-electron chi connectivity index (χ2n) is 4.16. The summed E-state index contributed by atoms with van der Waals surface area (Å²) in [7, 11) is 0. The lowest BCUT2D eigenvalue weighted by Crippen LogP contribution is -2.00. The molecule has 0 amide bonds. The Morgan fingerprint density at radius 2 is 1.84 bits per heavy atom. The second kappa shape index (κ2) is 4.94. The summed E-state index contributed by atoms with van der Waals surface area (Å²) in [5, 5.41) is 1.09. The molecule has 0 saturated carbocycles. The van der Waals surface area contributed by atoms with Crippen molar-refractivity contribution in [1.29, 1.82) is 0 Å². The van der Waals surface area contributed by atoms with Crippen molar-refractivity contribution in [2.24, 2.45) is 0 Å². The number of para-hydroxylation sites is 1. The summed E-state index contributed by atoms with van der Waals surface area (Å²) < 4.78 is 5.72. The van der Waals surface area contributed by atoms with Crippen molar-refractivity contribution >= 4 is 16.7 Å². The quantitative estimate of drug-likeness (QED) is 0.777. The highest BCUT2D eigenvalue weighted by Gasteiger charge is 2.04. The van der Waals surface area contributed by atoms with Crippen molar-refractivity contribution in [2.45, 2.75) is 6.61 Å². The van der Waals surface area contributed by atoms with Crippen LogP contribution in [0.3, 0.4) is 0 Å². The molecule has 0 bridgehead atoms. The molecule has 94 valence electrons. The molecular formula is C15H13N3O. The Kier molecular flexibility index (Phi) is 2.98. The minimum atomic E-state index is 0.404. The molecule has 2 aromatic heterocycles. The molecule has 0 saturated heterocycles. The molecule has 4 heteroatoms. The molecule has 0 aliphatic rings. The van der Waals surface area contributed by atoms with Gasteiger partial charge in [-0.05, 0) is 24.3 Å². The van der Waals surface area contributed by atoms with Gasteiger partial charge in [0.1, 0.15) is 6.61 Å². The molecule has 0 spiro atoms. The number of fused-ring (bicyclic) bond motifs is 1. The van der Waals surface area contributed by atoms with Crippen molar-refractivity contribution in [2.75, 3.05) is 5.73 Å². The molecular weight excluding hydrogens is 238 g/mol. The normalized spacial score (nSPS) is 10.5. The molecule has 0 aliphatic heterocycles. The maximum absolute atomic E-state index is 5.75. The van der Waals surface area contributed by atoms with Gasteiger partial charge in [0.2, 0.25) is 0 Å². The molecule has 0 atom stereocenters. The van der Waals surface area contributed by atoms with Crippen LogP contribution in [0.25, 0.3) is 10.9 Å². The first-order valence-corrected chi connectivity index (χ1v) is 6.00. The Morgan fingerprint density at radius 1 is 0.947 bits per heavy atom. The van der Waals surface area contributed by atoms with Crippen molar-refractivity contribution in [3.63, 3.8) is 0 Å². The number of rotatable bonds is 3. The van der Waals surface area contributed by atoms with E-state index in [2.05, 4.69) is 9.97 Å². The van der Waals surface area contributed by atoms with Gasteiger partial charge in [-0.2, -0.15) is 0 Å². The van der Waals surface area contributed by atoms with E-state index >= 15 is 0 Å². The van der Waals surface area contributed by atoms with Crippen molar-refractivity contribution in [3.05, 3.63) is 60.4 Å². The fraction of sp³-hybridized carbons (Fsp3) is 0.0667. The molecule has 0 radical (unpaired) electrons. The molecule has 3 aromatic rings. The van der Waals surface area contributed by atoms with Crippen molar-refractivity contribution < 1.29 is 4.74 Å². The molecule has 1 aromatic carbocycles. The summed E-state index contributed by atoms with van der Waals surface area (Å²) >= 11 is 0. The van der Waals surface area contributed by atoms with E-state index in [1.165, 1.54) is 0 Å². The predicted octanol–water partition coefficient (Wildman–Crippen LogP) is 2.79. The molecule has 19 heavy (non-hydrogen) atoms. The van der Waals surface area contributed by atoms with Gasteiger partial charge in [-0.3, -0.25) is 4.98 Å². The number of hydrogen-bond acceptors (Lipinski definition) is 4. The van der Waals surface area contributed by atoms with Crippen molar-refractivity contribution in [1.82, 2.24) is 9.97 Å². The van der Waals surface area contributed by atoms with E-state index in [4.69, 9.17) is 10.5 Å². The zero-order valence-corrected chi connectivity index (χ0v) is 10.3. The zero-order chi connectivity index (χ0) is 13.1. The van der Waals surface area contributed by atoms with Gasteiger partial charge in [-0.1, -0.05) is 18.2 Å². The van der Waals surface area contributed by atoms with Gasteiger partial charge in [0.05, 0.1) is 5.52 Å². The maximum Gasteiger partial charge on any atom is 0.166 e. The largest absolute Gasteiger partial charge is 0.485 e. The Labute approximate surface area is 110 Å². The van der Waals surface area contributed by atoms with Gasteiger partial charge in [-0.25, -0.2) is 4.98 Å². The van der Waals surface area contributed by atoms with Crippen LogP contribution in [0.4, 0.5) is 5.82 Å². The van der Waals surface area contributed by atoms with Gasteiger partial charge >= 0.3 is 0 Å². The standard InChI is InChI=1S/C15H13N3O/c16-15-14(6-3-8-18-15)19-10-11-7-9-17-13-5-2-1-4-12(11)13/h1-9H,10H2,(H2,16,18). The van der Waals surface area contributed by atoms with Gasteiger partial charge in [0, 0.05) is 23.3 Å². The van der Waals surface area contributed by atoms with E-state index in [1.807, 2.05) is 36.4 Å². The first-order valence-electron chi connectivity index (χ1n) is 6.00. The highest BCUT2D eigenvalue weighted by molar-refractivity contribution is 5.81. The fourth-order valence-corrected chi connectivity index (χ4v) is 1.96. The Hall–Kier alpha value is -2.62. The van der Waals surface area contributed by atoms with Gasteiger partial charge in [0.25, 0.3) is 0 Å². The average molecular weight is 251 g/mol. The van der Waals surface area contributed by atoms with Crippen LogP contribution in [0, 0.1) is 0 Å². The number of aromatic nitrogens is 2. The first-order chi connectivity index (χ1) is 9.34. The summed E-state index contributed by atoms with van der Waals surface area (Å²) in [5.74, 6) is 1.00. The summed E-state index contributed by atoms with van der Waals surface area (Å²) in [6, 6.07) is 13.5. The minimum absolute atomic E-state index is 0.404. The number of pyridine rings is 2. The van der Waals surface area contributed by atoms with E-state index in [9.17, 15) is 0 Å². The third-order valence-electron chi connectivity index (χ3n) is 2.92. The van der Waals surface area contributed by atoms with Gasteiger partial charge < -0.3 is 10.5 Å². The fourth-order valence-electron chi connectivity index (χ4n) is 1.96. The number of anilines is 1. The molecule has 0 unspecified atom stereocenters. The SMILES string of the molecule is Nc1ncccc1OCc1ccnc2ccccc12. The lowest BCUT2D eigenvalue weighted by atomic mass is 10.1. The number of benzene rings is 1. The Bertz CT molecular complexity index is 707. The van der Waals surface area contributed by atoms with E-state index in [1.54, 1.807) is 18.5 Å². The molecule has 2 N–H and O–H groups in total. The Morgan fingerprint density at radius 3 is 2.74 bits per heavy atom. The second-order valence-corrected chi connectivity index (χ2v) is 4.16. The third kappa shape index (κ3) is 2.33. The summed E-state index contributed by atoms with van der Waals surface area (Å²) in [6.07, 6.45) is 3.43. The van der Waals surface area contributed by atoms with E-state index < -0.39 is 0 Å². The smallest absolute Gasteiger partial charge is 0.166 e. The number of nitrogens with two attached hydrogens (primary N) is 1. The van der Waals surface area contributed by atoms with Crippen LogP contribution in [-0.4, -0.2) is 9.97 Å². The van der Waals surface area contributed by atoms with E-state index in [0.29, 0.717) is 18.2 Å². The maximum atomic E-state index is 5.75. The van der Waals surface area contributed by atoms with E-state index in [-0.39, 0.29) is 0 Å². The summed E-state index contributed by atoms with van der Waals surface area (Å²) in [4.78, 5) is 8.32. The molecule has 2 heterocycles. The molecule has 3 rings (SSSR count). The number of hydrogen-bond donors (Lipinski definition) is 1. The lowest BCUT2D eigenvalue weighted by molar-refractivity contribution is 0.308. The zero-order valence-electron chi connectivity index (χ0n) is 10.3. The molecule has 0 fully saturated rings. The van der Waals surface area contributed by atoms with Crippen LogP contribution in [0.2, 0.25) is 0 Å². The van der Waals surface area contributed by atoms with Crippen LogP contribution in [0.15, 0.2) is 54.9 Å². The van der Waals surface area contributed by atoms with Crippen LogP contribution in [0.5, 0.6) is 5.75 Å². The predicted molar refractivity (Wildman–Crippen MR) is 74.7 cm³/mol. The number of nitrogens with zero attached hydrogens (tertiary/aromatic N) is 2. The number of nitrogen functional groups attached to an aromatic ring is 1. The van der Waals surface area contributed by atoms with Crippen LogP contribution >= 0.6 is 0 Å². The Balaban J connectivity index is 1.88. The minimum Gasteiger partial charge on any atom is -0.485 e. The van der Waals surface area contributed by atoms with Crippen LogP contribution < -0.4 is 10.5 Å². The molecule has 4 nitrogen and oxygen atoms in total. The summed E-state index contributed by atoms with van der Waals surface area (Å²) in [5.41, 5.74) is 7.79. The topological polar surface area (TPSA) is 61.0 Å². The first kappa shape index (κ1) is 11.5. The molecule has 0 aliphatic carbocycles. The lowest BCUT2D eigenvalue weighted by Gasteiger charge is -2.09.